The Balaban J connectivity index is 2.15. The van der Waals surface area contributed by atoms with E-state index in [1.54, 1.807) is 38.3 Å². The number of aryl methyl sites for hydroxylation is 1. The van der Waals surface area contributed by atoms with Crippen LogP contribution in [-0.4, -0.2) is 44.0 Å². The maximum atomic E-state index is 13.1. The number of carbonyl (C=O) groups excluding carboxylic acids is 2. The van der Waals surface area contributed by atoms with E-state index in [0.29, 0.717) is 23.6 Å². The van der Waals surface area contributed by atoms with Gasteiger partial charge in [-0.05, 0) is 37.1 Å². The van der Waals surface area contributed by atoms with E-state index in [1.165, 1.54) is 0 Å². The third kappa shape index (κ3) is 5.73. The van der Waals surface area contributed by atoms with Gasteiger partial charge >= 0.3 is 0 Å². The van der Waals surface area contributed by atoms with Crippen molar-refractivity contribution in [3.63, 3.8) is 0 Å². The first-order valence-electron chi connectivity index (χ1n) is 9.60. The Bertz CT molecular complexity index is 864. The lowest BCUT2D eigenvalue weighted by Crippen LogP contribution is -2.50. The van der Waals surface area contributed by atoms with Crippen LogP contribution in [0.1, 0.15) is 35.3 Å². The van der Waals surface area contributed by atoms with Gasteiger partial charge in [0.2, 0.25) is 5.91 Å². The highest BCUT2D eigenvalue weighted by molar-refractivity contribution is 5.97. The van der Waals surface area contributed by atoms with E-state index in [0.717, 1.165) is 11.1 Å². The molecular weight excluding hydrogens is 368 g/mol. The minimum Gasteiger partial charge on any atom is -0.497 e. The lowest BCUT2D eigenvalue weighted by Gasteiger charge is -2.27. The van der Waals surface area contributed by atoms with E-state index >= 15 is 0 Å². The van der Waals surface area contributed by atoms with Gasteiger partial charge in [0.25, 0.3) is 5.91 Å². The number of benzene rings is 2. The summed E-state index contributed by atoms with van der Waals surface area (Å²) in [6.45, 7) is 6.12. The quantitative estimate of drug-likeness (QED) is 0.740. The first kappa shape index (κ1) is 22.3. The van der Waals surface area contributed by atoms with Crippen molar-refractivity contribution in [2.24, 2.45) is 5.92 Å². The molecule has 0 bridgehead atoms. The average Bonchev–Trinajstić information content (AvgIpc) is 2.71. The van der Waals surface area contributed by atoms with Gasteiger partial charge in [-0.25, -0.2) is 0 Å². The SMILES string of the molecule is COc1ccc(CN(C)C(=O)C(NC(=O)c2cccc(C)c2)C(C)C)c(OC)c1. The minimum absolute atomic E-state index is 0.0588. The normalized spacial score (nSPS) is 11.7. The third-order valence-electron chi connectivity index (χ3n) is 4.78. The summed E-state index contributed by atoms with van der Waals surface area (Å²) < 4.78 is 10.6. The van der Waals surface area contributed by atoms with E-state index in [1.807, 2.05) is 51.1 Å². The number of nitrogens with zero attached hydrogens (tertiary/aromatic N) is 1. The fourth-order valence-corrected chi connectivity index (χ4v) is 3.08. The second-order valence-electron chi connectivity index (χ2n) is 7.44. The molecule has 156 valence electrons. The number of rotatable bonds is 8. The van der Waals surface area contributed by atoms with Crippen LogP contribution in [0.5, 0.6) is 11.5 Å². The van der Waals surface area contributed by atoms with E-state index < -0.39 is 6.04 Å². The molecule has 6 nitrogen and oxygen atoms in total. The molecule has 2 aromatic rings. The third-order valence-corrected chi connectivity index (χ3v) is 4.78. The number of nitrogens with one attached hydrogen (secondary N) is 1. The van der Waals surface area contributed by atoms with Crippen LogP contribution in [0, 0.1) is 12.8 Å². The van der Waals surface area contributed by atoms with Crippen molar-refractivity contribution in [2.45, 2.75) is 33.4 Å². The van der Waals surface area contributed by atoms with Crippen molar-refractivity contribution in [2.75, 3.05) is 21.3 Å². The summed E-state index contributed by atoms with van der Waals surface area (Å²) in [7, 11) is 4.90. The number of methoxy groups -OCH3 is 2. The van der Waals surface area contributed by atoms with E-state index in [4.69, 9.17) is 9.47 Å². The van der Waals surface area contributed by atoms with Crippen LogP contribution in [-0.2, 0) is 11.3 Å². The van der Waals surface area contributed by atoms with Crippen LogP contribution in [0.15, 0.2) is 42.5 Å². The number of carbonyl (C=O) groups is 2. The number of hydrogen-bond acceptors (Lipinski definition) is 4. The molecule has 6 heteroatoms. The minimum atomic E-state index is -0.628. The highest BCUT2D eigenvalue weighted by Gasteiger charge is 2.28. The standard InChI is InChI=1S/C23H30N2O4/c1-15(2)21(24-22(26)17-9-7-8-16(3)12-17)23(27)25(4)14-18-10-11-19(28-5)13-20(18)29-6/h7-13,15,21H,14H2,1-6H3,(H,24,26). The summed E-state index contributed by atoms with van der Waals surface area (Å²) >= 11 is 0. The molecule has 2 rings (SSSR count). The predicted molar refractivity (Wildman–Crippen MR) is 113 cm³/mol. The fourth-order valence-electron chi connectivity index (χ4n) is 3.08. The maximum Gasteiger partial charge on any atom is 0.251 e. The van der Waals surface area contributed by atoms with Crippen molar-refractivity contribution in [3.05, 3.63) is 59.2 Å². The molecule has 0 aromatic heterocycles. The molecule has 0 aliphatic rings. The Morgan fingerprint density at radius 2 is 1.79 bits per heavy atom. The van der Waals surface area contributed by atoms with Gasteiger partial charge < -0.3 is 19.7 Å². The van der Waals surface area contributed by atoms with Gasteiger partial charge in [0.05, 0.1) is 14.2 Å². The van der Waals surface area contributed by atoms with E-state index in [2.05, 4.69) is 5.32 Å². The van der Waals surface area contributed by atoms with Crippen molar-refractivity contribution in [3.8, 4) is 11.5 Å². The van der Waals surface area contributed by atoms with Gasteiger partial charge in [-0.3, -0.25) is 9.59 Å². The monoisotopic (exact) mass is 398 g/mol. The average molecular weight is 399 g/mol. The van der Waals surface area contributed by atoms with Crippen LogP contribution in [0.25, 0.3) is 0 Å². The van der Waals surface area contributed by atoms with E-state index in [-0.39, 0.29) is 17.7 Å². The molecule has 2 aromatic carbocycles. The molecule has 29 heavy (non-hydrogen) atoms. The van der Waals surface area contributed by atoms with Crippen LogP contribution < -0.4 is 14.8 Å². The molecule has 0 fully saturated rings. The maximum absolute atomic E-state index is 13.1. The molecule has 1 N–H and O–H groups in total. The second-order valence-corrected chi connectivity index (χ2v) is 7.44. The Hall–Kier alpha value is -3.02. The number of ether oxygens (including phenoxy) is 2. The first-order valence-corrected chi connectivity index (χ1v) is 9.60. The summed E-state index contributed by atoms with van der Waals surface area (Å²) in [6.07, 6.45) is 0. The molecule has 0 saturated carbocycles. The zero-order valence-corrected chi connectivity index (χ0v) is 18.0. The van der Waals surface area contributed by atoms with E-state index in [9.17, 15) is 9.59 Å². The zero-order chi connectivity index (χ0) is 21.6. The Kier molecular flexibility index (Phi) is 7.65. The highest BCUT2D eigenvalue weighted by atomic mass is 16.5. The molecule has 0 radical (unpaired) electrons. The lowest BCUT2D eigenvalue weighted by atomic mass is 10.0. The smallest absolute Gasteiger partial charge is 0.251 e. The van der Waals surface area contributed by atoms with Crippen molar-refractivity contribution in [1.29, 1.82) is 0 Å². The summed E-state index contributed by atoms with van der Waals surface area (Å²) in [5, 5.41) is 2.89. The lowest BCUT2D eigenvalue weighted by molar-refractivity contribution is -0.133. The fraction of sp³-hybridized carbons (Fsp3) is 0.391. The first-order chi connectivity index (χ1) is 13.8. The van der Waals surface area contributed by atoms with Crippen LogP contribution >= 0.6 is 0 Å². The van der Waals surface area contributed by atoms with Gasteiger partial charge in [0.15, 0.2) is 0 Å². The molecule has 0 saturated heterocycles. The zero-order valence-electron chi connectivity index (χ0n) is 18.0. The summed E-state index contributed by atoms with van der Waals surface area (Å²) in [6, 6.07) is 12.2. The van der Waals surface area contributed by atoms with Gasteiger partial charge in [-0.1, -0.05) is 31.5 Å². The van der Waals surface area contributed by atoms with Gasteiger partial charge in [-0.15, -0.1) is 0 Å². The topological polar surface area (TPSA) is 67.9 Å². The predicted octanol–water partition coefficient (Wildman–Crippen LogP) is 3.43. The van der Waals surface area contributed by atoms with Crippen LogP contribution in [0.4, 0.5) is 0 Å². The van der Waals surface area contributed by atoms with Gasteiger partial charge in [0.1, 0.15) is 17.5 Å². The second kappa shape index (κ2) is 9.96. The number of hydrogen-bond donors (Lipinski definition) is 1. The molecule has 0 heterocycles. The Morgan fingerprint density at radius 1 is 1.07 bits per heavy atom. The van der Waals surface area contributed by atoms with Crippen LogP contribution in [0.3, 0.4) is 0 Å². The number of likely N-dealkylation sites (N-methyl/N-ethyl adjacent to an activating group) is 1. The number of amides is 2. The van der Waals surface area contributed by atoms with Crippen molar-refractivity contribution in [1.82, 2.24) is 10.2 Å². The van der Waals surface area contributed by atoms with Gasteiger partial charge in [-0.2, -0.15) is 0 Å². The highest BCUT2D eigenvalue weighted by Crippen LogP contribution is 2.25. The summed E-state index contributed by atoms with van der Waals surface area (Å²) in [5.41, 5.74) is 2.40. The summed E-state index contributed by atoms with van der Waals surface area (Å²) in [5.74, 6) is 0.866. The molecular formula is C23H30N2O4. The van der Waals surface area contributed by atoms with Gasteiger partial charge in [0, 0.05) is 30.8 Å². The largest absolute Gasteiger partial charge is 0.497 e. The van der Waals surface area contributed by atoms with Crippen LogP contribution in [0.2, 0.25) is 0 Å². The Morgan fingerprint density at radius 3 is 2.38 bits per heavy atom. The molecule has 2 amide bonds. The Labute approximate surface area is 172 Å². The molecule has 0 aliphatic heterocycles. The van der Waals surface area contributed by atoms with Crippen molar-refractivity contribution < 1.29 is 19.1 Å². The molecule has 1 unspecified atom stereocenters. The molecule has 0 aliphatic carbocycles. The van der Waals surface area contributed by atoms with Crippen molar-refractivity contribution >= 4 is 11.8 Å². The molecule has 0 spiro atoms. The summed E-state index contributed by atoms with van der Waals surface area (Å²) in [4.78, 5) is 27.3. The molecule has 1 atom stereocenters.